The fourth-order valence-electron chi connectivity index (χ4n) is 0.226. The van der Waals surface area contributed by atoms with Crippen LogP contribution < -0.4 is 0 Å². The van der Waals surface area contributed by atoms with Gasteiger partial charge in [-0.1, -0.05) is 25.6 Å². The van der Waals surface area contributed by atoms with Crippen molar-refractivity contribution >= 4 is 5.71 Å². The number of oxime groups is 1. The molecule has 0 aliphatic heterocycles. The molecule has 0 fully saturated rings. The third-order valence-corrected chi connectivity index (χ3v) is 1.11. The summed E-state index contributed by atoms with van der Waals surface area (Å²) >= 11 is 0. The molecular formula is C7H13NO. The van der Waals surface area contributed by atoms with Crippen LogP contribution in [0.3, 0.4) is 0 Å². The zero-order chi connectivity index (χ0) is 7.28. The van der Waals surface area contributed by atoms with Crippen LogP contribution in [-0.4, -0.2) is 5.71 Å². The maximum absolute atomic E-state index is 4.61. The molecule has 0 radical (unpaired) electrons. The third-order valence-electron chi connectivity index (χ3n) is 1.11. The van der Waals surface area contributed by atoms with Crippen molar-refractivity contribution in [1.82, 2.24) is 0 Å². The fourth-order valence-corrected chi connectivity index (χ4v) is 0.226. The molecule has 0 bridgehead atoms. The first kappa shape index (κ1) is 8.21. The lowest BCUT2D eigenvalue weighted by Gasteiger charge is -2.00. The first-order chi connectivity index (χ1) is 4.18. The van der Waals surface area contributed by atoms with E-state index in [9.17, 15) is 0 Å². The zero-order valence-electron chi connectivity index (χ0n) is 6.22. The van der Waals surface area contributed by atoms with Crippen molar-refractivity contribution in [2.45, 2.75) is 20.8 Å². The van der Waals surface area contributed by atoms with E-state index in [2.05, 4.69) is 30.4 Å². The molecule has 0 aliphatic carbocycles. The van der Waals surface area contributed by atoms with Crippen molar-refractivity contribution in [3.05, 3.63) is 12.8 Å². The summed E-state index contributed by atoms with van der Waals surface area (Å²) in [7, 11) is 0. The predicted octanol–water partition coefficient (Wildman–Crippen LogP) is 2.18. The van der Waals surface area contributed by atoms with Gasteiger partial charge < -0.3 is 4.84 Å². The van der Waals surface area contributed by atoms with Gasteiger partial charge in [0.05, 0.1) is 5.71 Å². The van der Waals surface area contributed by atoms with E-state index in [1.54, 1.807) is 0 Å². The van der Waals surface area contributed by atoms with E-state index in [-0.39, 0.29) is 0 Å². The van der Waals surface area contributed by atoms with Crippen LogP contribution in [-0.2, 0) is 4.84 Å². The molecule has 0 N–H and O–H groups in total. The normalized spacial score (nSPS) is 11.8. The molecule has 0 aliphatic rings. The third kappa shape index (κ3) is 3.76. The summed E-state index contributed by atoms with van der Waals surface area (Å²) in [5.41, 5.74) is 0.981. The highest BCUT2D eigenvalue weighted by molar-refractivity contribution is 5.83. The molecule has 0 saturated carbocycles. The minimum absolute atomic E-state index is 0.449. The van der Waals surface area contributed by atoms with Crippen LogP contribution in [0, 0.1) is 5.92 Å². The Morgan fingerprint density at radius 2 is 2.22 bits per heavy atom. The fraction of sp³-hybridized carbons (Fsp3) is 0.571. The van der Waals surface area contributed by atoms with E-state index in [0.717, 1.165) is 5.71 Å². The average Bonchev–Trinajstić information content (AvgIpc) is 1.82. The van der Waals surface area contributed by atoms with Crippen LogP contribution in [0.5, 0.6) is 0 Å². The molecule has 52 valence electrons. The lowest BCUT2D eigenvalue weighted by atomic mass is 10.1. The van der Waals surface area contributed by atoms with E-state index >= 15 is 0 Å². The lowest BCUT2D eigenvalue weighted by molar-refractivity contribution is 0.267. The Morgan fingerprint density at radius 3 is 2.56 bits per heavy atom. The summed E-state index contributed by atoms with van der Waals surface area (Å²) in [6.07, 6.45) is 1.31. The van der Waals surface area contributed by atoms with Gasteiger partial charge in [0.15, 0.2) is 0 Å². The first-order valence-electron chi connectivity index (χ1n) is 2.99. The van der Waals surface area contributed by atoms with Gasteiger partial charge >= 0.3 is 0 Å². The van der Waals surface area contributed by atoms with E-state index in [4.69, 9.17) is 0 Å². The number of hydrogen-bond acceptors (Lipinski definition) is 2. The highest BCUT2D eigenvalue weighted by Gasteiger charge is 1.95. The summed E-state index contributed by atoms with van der Waals surface area (Å²) in [5, 5.41) is 3.74. The van der Waals surface area contributed by atoms with E-state index < -0.39 is 0 Å². The predicted molar refractivity (Wildman–Crippen MR) is 39.2 cm³/mol. The van der Waals surface area contributed by atoms with Crippen LogP contribution in [0.15, 0.2) is 18.0 Å². The number of nitrogens with zero attached hydrogens (tertiary/aromatic N) is 1. The number of hydrogen-bond donors (Lipinski definition) is 0. The maximum Gasteiger partial charge on any atom is 0.114 e. The Bertz CT molecular complexity index is 116. The van der Waals surface area contributed by atoms with Gasteiger partial charge in [0, 0.05) is 0 Å². The Morgan fingerprint density at radius 1 is 1.67 bits per heavy atom. The molecule has 2 nitrogen and oxygen atoms in total. The van der Waals surface area contributed by atoms with Gasteiger partial charge in [-0.05, 0) is 12.8 Å². The van der Waals surface area contributed by atoms with Crippen LogP contribution in [0.2, 0.25) is 0 Å². The lowest BCUT2D eigenvalue weighted by Crippen LogP contribution is -2.01. The Balaban J connectivity index is 3.68. The van der Waals surface area contributed by atoms with Gasteiger partial charge in [0.1, 0.15) is 6.26 Å². The molecular weight excluding hydrogens is 114 g/mol. The van der Waals surface area contributed by atoms with Crippen molar-refractivity contribution in [3.8, 4) is 0 Å². The van der Waals surface area contributed by atoms with E-state index in [0.29, 0.717) is 5.92 Å². The van der Waals surface area contributed by atoms with Crippen molar-refractivity contribution in [3.63, 3.8) is 0 Å². The van der Waals surface area contributed by atoms with Gasteiger partial charge in [-0.2, -0.15) is 0 Å². The van der Waals surface area contributed by atoms with Crippen LogP contribution in [0.25, 0.3) is 0 Å². The second-order valence-corrected chi connectivity index (χ2v) is 2.16. The van der Waals surface area contributed by atoms with E-state index in [1.165, 1.54) is 6.26 Å². The molecule has 0 spiro atoms. The molecule has 0 aromatic rings. The Hall–Kier alpha value is -0.790. The molecule has 0 aromatic heterocycles. The first-order valence-corrected chi connectivity index (χ1v) is 2.99. The largest absolute Gasteiger partial charge is 0.366 e. The van der Waals surface area contributed by atoms with E-state index in [1.807, 2.05) is 6.92 Å². The minimum atomic E-state index is 0.449. The van der Waals surface area contributed by atoms with Crippen LogP contribution >= 0.6 is 0 Å². The standard InChI is InChI=1S/C7H13NO/c1-5-9-8-7(4)6(2)3/h5-6H,1H2,2-4H3/b8-7-. The Labute approximate surface area is 56.2 Å². The molecule has 0 rings (SSSR count). The second kappa shape index (κ2) is 4.13. The van der Waals surface area contributed by atoms with Gasteiger partial charge in [-0.3, -0.25) is 0 Å². The molecule has 0 unspecified atom stereocenters. The van der Waals surface area contributed by atoms with Crippen LogP contribution in [0.1, 0.15) is 20.8 Å². The monoisotopic (exact) mass is 127 g/mol. The maximum atomic E-state index is 4.61. The van der Waals surface area contributed by atoms with Crippen molar-refractivity contribution in [2.24, 2.45) is 11.1 Å². The van der Waals surface area contributed by atoms with Crippen LogP contribution in [0.4, 0.5) is 0 Å². The molecule has 0 aromatic carbocycles. The molecule has 9 heavy (non-hydrogen) atoms. The summed E-state index contributed by atoms with van der Waals surface area (Å²) in [6, 6.07) is 0. The van der Waals surface area contributed by atoms with Gasteiger partial charge in [-0.15, -0.1) is 0 Å². The second-order valence-electron chi connectivity index (χ2n) is 2.16. The van der Waals surface area contributed by atoms with Crippen molar-refractivity contribution in [2.75, 3.05) is 0 Å². The minimum Gasteiger partial charge on any atom is -0.366 e. The van der Waals surface area contributed by atoms with Crippen molar-refractivity contribution < 1.29 is 4.84 Å². The summed E-state index contributed by atoms with van der Waals surface area (Å²) < 4.78 is 0. The molecule has 0 heterocycles. The number of rotatable bonds is 3. The summed E-state index contributed by atoms with van der Waals surface area (Å²) in [4.78, 5) is 4.61. The highest BCUT2D eigenvalue weighted by Crippen LogP contribution is 1.95. The summed E-state index contributed by atoms with van der Waals surface area (Å²) in [5.74, 6) is 0.449. The average molecular weight is 127 g/mol. The SMILES string of the molecule is C=CO/N=C(/C)C(C)C. The van der Waals surface area contributed by atoms with Gasteiger partial charge in [0.2, 0.25) is 0 Å². The molecule has 0 atom stereocenters. The smallest absolute Gasteiger partial charge is 0.114 e. The van der Waals surface area contributed by atoms with Gasteiger partial charge in [0.25, 0.3) is 0 Å². The van der Waals surface area contributed by atoms with Gasteiger partial charge in [-0.25, -0.2) is 0 Å². The molecule has 2 heteroatoms. The quantitative estimate of drug-likeness (QED) is 0.323. The molecule has 0 saturated heterocycles. The Kier molecular flexibility index (Phi) is 3.76. The zero-order valence-corrected chi connectivity index (χ0v) is 6.22. The topological polar surface area (TPSA) is 21.6 Å². The summed E-state index contributed by atoms with van der Waals surface area (Å²) in [6.45, 7) is 9.41. The van der Waals surface area contributed by atoms with Crippen molar-refractivity contribution in [1.29, 1.82) is 0 Å². The molecule has 0 amide bonds. The highest BCUT2D eigenvalue weighted by atomic mass is 16.6.